The van der Waals surface area contributed by atoms with Crippen molar-refractivity contribution in [3.8, 4) is 0 Å². The van der Waals surface area contributed by atoms with Crippen LogP contribution in [0.15, 0.2) is 29.4 Å². The molecule has 11 heteroatoms. The molecule has 36 heavy (non-hydrogen) atoms. The molecule has 2 amide bonds. The monoisotopic (exact) mass is 545 g/mol. The maximum Gasteiger partial charge on any atom is 0.407 e. The Kier molecular flexibility index (Phi) is 15.4. The Morgan fingerprint density at radius 3 is 2.50 bits per heavy atom. The Morgan fingerprint density at radius 2 is 1.89 bits per heavy atom. The smallest absolute Gasteiger partial charge is 0.407 e. The van der Waals surface area contributed by atoms with E-state index in [4.69, 9.17) is 14.2 Å². The normalized spacial score (nSPS) is 13.6. The molecule has 206 valence electrons. The predicted octanol–water partition coefficient (Wildman–Crippen LogP) is 4.40. The van der Waals surface area contributed by atoms with Gasteiger partial charge in [0.05, 0.1) is 18.3 Å². The topological polar surface area (TPSA) is 119 Å². The molecule has 1 heterocycles. The van der Waals surface area contributed by atoms with Crippen LogP contribution in [0, 0.1) is 5.41 Å². The molecule has 2 atom stereocenters. The van der Waals surface area contributed by atoms with Crippen LogP contribution in [0.5, 0.6) is 0 Å². The van der Waals surface area contributed by atoms with Crippen LogP contribution in [0.25, 0.3) is 0 Å². The van der Waals surface area contributed by atoms with Crippen molar-refractivity contribution in [2.75, 3.05) is 32.1 Å². The molecule has 0 aromatic carbocycles. The van der Waals surface area contributed by atoms with Crippen LogP contribution in [-0.2, 0) is 19.0 Å². The summed E-state index contributed by atoms with van der Waals surface area (Å²) in [6.45, 7) is 12.4. The molecule has 0 bridgehead atoms. The highest BCUT2D eigenvalue weighted by molar-refractivity contribution is 8.76. The van der Waals surface area contributed by atoms with Crippen LogP contribution in [0.4, 0.5) is 4.79 Å². The third-order valence-corrected chi connectivity index (χ3v) is 7.22. The molecule has 1 aromatic rings. The predicted molar refractivity (Wildman–Crippen MR) is 145 cm³/mol. The van der Waals surface area contributed by atoms with Crippen LogP contribution in [0.3, 0.4) is 0 Å². The first-order valence-corrected chi connectivity index (χ1v) is 14.6. The van der Waals surface area contributed by atoms with Gasteiger partial charge in [0.2, 0.25) is 5.91 Å². The zero-order valence-electron chi connectivity index (χ0n) is 22.4. The average molecular weight is 546 g/mol. The quantitative estimate of drug-likeness (QED) is 0.149. The minimum atomic E-state index is -0.824. The van der Waals surface area contributed by atoms with Gasteiger partial charge >= 0.3 is 6.09 Å². The van der Waals surface area contributed by atoms with Gasteiger partial charge in [0.15, 0.2) is 6.29 Å². The van der Waals surface area contributed by atoms with Gasteiger partial charge in [-0.25, -0.2) is 9.78 Å². The standard InChI is InChI=1S/C25H43N3O6S2/c1-7-25(5,6)34-22(33-19(17-29)16-24(2,3)4)18-32-23(31)28-13-11-20(30)26-14-15-35-36-21-10-8-9-12-27-21/h8-10,12,19,22,29H,7,11,13-18H2,1-6H3,(H,26,30)(H,28,31). The number of amides is 2. The molecule has 1 rings (SSSR count). The first-order valence-electron chi connectivity index (χ1n) is 12.3. The van der Waals surface area contributed by atoms with Gasteiger partial charge in [-0.15, -0.1) is 0 Å². The van der Waals surface area contributed by atoms with Gasteiger partial charge < -0.3 is 30.0 Å². The highest BCUT2D eigenvalue weighted by Crippen LogP contribution is 2.28. The van der Waals surface area contributed by atoms with Crippen molar-refractivity contribution in [2.45, 2.75) is 83.8 Å². The van der Waals surface area contributed by atoms with E-state index in [0.29, 0.717) is 13.0 Å². The number of aromatic nitrogens is 1. The van der Waals surface area contributed by atoms with Gasteiger partial charge in [-0.3, -0.25) is 4.79 Å². The molecule has 1 aromatic heterocycles. The zero-order chi connectivity index (χ0) is 27.0. The molecule has 0 aliphatic heterocycles. The average Bonchev–Trinajstić information content (AvgIpc) is 2.81. The molecule has 0 spiro atoms. The Balaban J connectivity index is 2.33. The lowest BCUT2D eigenvalue weighted by Crippen LogP contribution is -2.40. The van der Waals surface area contributed by atoms with Gasteiger partial charge in [0.1, 0.15) is 11.6 Å². The molecular weight excluding hydrogens is 502 g/mol. The fraction of sp³-hybridized carbons (Fsp3) is 0.720. The van der Waals surface area contributed by atoms with Crippen LogP contribution in [-0.4, -0.2) is 72.1 Å². The van der Waals surface area contributed by atoms with Crippen molar-refractivity contribution in [3.05, 3.63) is 24.4 Å². The maximum absolute atomic E-state index is 12.1. The Bertz CT molecular complexity index is 762. The van der Waals surface area contributed by atoms with Crippen molar-refractivity contribution in [2.24, 2.45) is 5.41 Å². The molecule has 9 nitrogen and oxygen atoms in total. The summed E-state index contributed by atoms with van der Waals surface area (Å²) in [5.74, 6) is 0.586. The van der Waals surface area contributed by atoms with E-state index < -0.39 is 24.1 Å². The van der Waals surface area contributed by atoms with E-state index in [2.05, 4.69) is 36.4 Å². The molecule has 0 fully saturated rings. The number of aliphatic hydroxyl groups excluding tert-OH is 1. The highest BCUT2D eigenvalue weighted by Gasteiger charge is 2.28. The number of carbonyl (C=O) groups is 2. The molecule has 0 radical (unpaired) electrons. The summed E-state index contributed by atoms with van der Waals surface area (Å²) in [6.07, 6.45) is 1.31. The summed E-state index contributed by atoms with van der Waals surface area (Å²) in [6, 6.07) is 5.73. The van der Waals surface area contributed by atoms with Gasteiger partial charge in [0.25, 0.3) is 0 Å². The van der Waals surface area contributed by atoms with E-state index in [1.54, 1.807) is 27.8 Å². The molecular formula is C25H43N3O6S2. The van der Waals surface area contributed by atoms with Crippen molar-refractivity contribution < 1.29 is 28.9 Å². The van der Waals surface area contributed by atoms with Crippen molar-refractivity contribution in [3.63, 3.8) is 0 Å². The molecule has 0 saturated heterocycles. The minimum Gasteiger partial charge on any atom is -0.444 e. The van der Waals surface area contributed by atoms with E-state index in [-0.39, 0.29) is 37.5 Å². The van der Waals surface area contributed by atoms with E-state index in [1.165, 1.54) is 0 Å². The van der Waals surface area contributed by atoms with Gasteiger partial charge in [-0.05, 0) is 55.0 Å². The first-order chi connectivity index (χ1) is 16.9. The molecule has 2 unspecified atom stereocenters. The number of alkyl carbamates (subject to hydrolysis) is 1. The number of nitrogens with zero attached hydrogens (tertiary/aromatic N) is 1. The SMILES string of the molecule is CCC(C)(C)OC(COC(=O)NCCC(=O)NCCSSc1ccccn1)OC(CO)CC(C)(C)C. The second-order valence-electron chi connectivity index (χ2n) is 10.1. The van der Waals surface area contributed by atoms with Crippen LogP contribution < -0.4 is 10.6 Å². The minimum absolute atomic E-state index is 0.0480. The van der Waals surface area contributed by atoms with E-state index >= 15 is 0 Å². The number of aliphatic hydroxyl groups is 1. The fourth-order valence-corrected chi connectivity index (χ4v) is 4.67. The summed E-state index contributed by atoms with van der Waals surface area (Å²) >= 11 is 0. The summed E-state index contributed by atoms with van der Waals surface area (Å²) in [4.78, 5) is 28.4. The number of nitrogens with one attached hydrogen (secondary N) is 2. The molecule has 0 aliphatic carbocycles. The zero-order valence-corrected chi connectivity index (χ0v) is 24.0. The van der Waals surface area contributed by atoms with E-state index in [0.717, 1.165) is 17.2 Å². The molecule has 3 N–H and O–H groups in total. The van der Waals surface area contributed by atoms with Crippen LogP contribution >= 0.6 is 21.6 Å². The second-order valence-corrected chi connectivity index (χ2v) is 12.5. The van der Waals surface area contributed by atoms with E-state index in [9.17, 15) is 14.7 Å². The molecule has 0 saturated carbocycles. The van der Waals surface area contributed by atoms with Crippen LogP contribution in [0.1, 0.15) is 60.8 Å². The Morgan fingerprint density at radius 1 is 1.14 bits per heavy atom. The number of ether oxygens (including phenoxy) is 3. The third kappa shape index (κ3) is 16.3. The van der Waals surface area contributed by atoms with Gasteiger partial charge in [0, 0.05) is 31.5 Å². The number of pyridine rings is 1. The Labute approximate surface area is 223 Å². The Hall–Kier alpha value is -1.53. The summed E-state index contributed by atoms with van der Waals surface area (Å²) in [5.41, 5.74) is -0.535. The molecule has 0 aliphatic rings. The number of hydrogen-bond donors (Lipinski definition) is 3. The summed E-state index contributed by atoms with van der Waals surface area (Å²) < 4.78 is 17.2. The first kappa shape index (κ1) is 32.5. The van der Waals surface area contributed by atoms with Gasteiger partial charge in [-0.2, -0.15) is 0 Å². The van der Waals surface area contributed by atoms with Crippen molar-refractivity contribution >= 4 is 33.6 Å². The van der Waals surface area contributed by atoms with Gasteiger partial charge in [-0.1, -0.05) is 44.6 Å². The number of hydrogen-bond acceptors (Lipinski definition) is 9. The number of rotatable bonds is 17. The maximum atomic E-state index is 12.1. The summed E-state index contributed by atoms with van der Waals surface area (Å²) in [7, 11) is 3.17. The summed E-state index contributed by atoms with van der Waals surface area (Å²) in [5, 5.41) is 16.1. The van der Waals surface area contributed by atoms with E-state index in [1.807, 2.05) is 39.0 Å². The van der Waals surface area contributed by atoms with Crippen molar-refractivity contribution in [1.29, 1.82) is 0 Å². The van der Waals surface area contributed by atoms with Crippen molar-refractivity contribution in [1.82, 2.24) is 15.6 Å². The lowest BCUT2D eigenvalue weighted by atomic mass is 9.89. The highest BCUT2D eigenvalue weighted by atomic mass is 33.1. The number of carbonyl (C=O) groups excluding carboxylic acids is 2. The lowest BCUT2D eigenvalue weighted by molar-refractivity contribution is -0.241. The third-order valence-electron chi connectivity index (χ3n) is 4.95. The largest absolute Gasteiger partial charge is 0.444 e. The fourth-order valence-electron chi connectivity index (χ4n) is 2.89. The second kappa shape index (κ2) is 17.1. The lowest BCUT2D eigenvalue weighted by Gasteiger charge is -2.33. The van der Waals surface area contributed by atoms with Crippen LogP contribution in [0.2, 0.25) is 0 Å².